The van der Waals surface area contributed by atoms with Crippen LogP contribution in [0.1, 0.15) is 60.0 Å². The summed E-state index contributed by atoms with van der Waals surface area (Å²) < 4.78 is 5.83. The number of carbonyl (C=O) groups excluding carboxylic acids is 1. The fourth-order valence-electron chi connectivity index (χ4n) is 4.22. The molecule has 1 aliphatic heterocycles. The molecule has 2 aliphatic rings. The quantitative estimate of drug-likeness (QED) is 0.701. The molecular formula is C22H24N4O3. The predicted octanol–water partition coefficient (Wildman–Crippen LogP) is 3.96. The fourth-order valence-corrected chi connectivity index (χ4v) is 4.22. The van der Waals surface area contributed by atoms with Gasteiger partial charge in [0.2, 0.25) is 5.71 Å². The van der Waals surface area contributed by atoms with Crippen molar-refractivity contribution in [2.75, 3.05) is 11.9 Å². The minimum atomic E-state index is -0.148. The molecule has 1 fully saturated rings. The number of hydrogen-bond acceptors (Lipinski definition) is 6. The lowest BCUT2D eigenvalue weighted by molar-refractivity contribution is 0.0677. The van der Waals surface area contributed by atoms with Crippen molar-refractivity contribution in [2.45, 2.75) is 51.6 Å². The van der Waals surface area contributed by atoms with Gasteiger partial charge < -0.3 is 19.7 Å². The van der Waals surface area contributed by atoms with Gasteiger partial charge >= 0.3 is 0 Å². The van der Waals surface area contributed by atoms with Gasteiger partial charge in [0.05, 0.1) is 17.0 Å². The number of hydrogen-bond donors (Lipinski definition) is 2. The number of phenolic OH excluding ortho intramolecular Hbond substituents is 1. The molecular weight excluding hydrogens is 368 g/mol. The lowest BCUT2D eigenvalue weighted by Gasteiger charge is -2.35. The van der Waals surface area contributed by atoms with Gasteiger partial charge in [-0.25, -0.2) is 9.97 Å². The van der Waals surface area contributed by atoms with Crippen LogP contribution in [0.25, 0.3) is 11.1 Å². The maximum Gasteiger partial charge on any atom is 0.258 e. The summed E-state index contributed by atoms with van der Waals surface area (Å²) in [6, 6.07) is 5.24. The first-order chi connectivity index (χ1) is 13.9. The highest BCUT2D eigenvalue weighted by Gasteiger charge is 2.39. The number of rotatable bonds is 3. The van der Waals surface area contributed by atoms with Crippen molar-refractivity contribution < 1.29 is 14.3 Å². The number of aryl methyl sites for hydroxylation is 1. The van der Waals surface area contributed by atoms with Gasteiger partial charge in [0.1, 0.15) is 23.7 Å². The van der Waals surface area contributed by atoms with Crippen molar-refractivity contribution in [3.8, 4) is 5.75 Å². The van der Waals surface area contributed by atoms with Crippen molar-refractivity contribution in [1.82, 2.24) is 14.9 Å². The van der Waals surface area contributed by atoms with E-state index in [4.69, 9.17) is 4.42 Å². The van der Waals surface area contributed by atoms with Gasteiger partial charge in [-0.1, -0.05) is 6.07 Å². The van der Waals surface area contributed by atoms with Crippen molar-refractivity contribution in [3.63, 3.8) is 0 Å². The van der Waals surface area contributed by atoms with E-state index in [-0.39, 0.29) is 23.2 Å². The molecule has 5 rings (SSSR count). The van der Waals surface area contributed by atoms with Gasteiger partial charge in [0.25, 0.3) is 5.91 Å². The first-order valence-electron chi connectivity index (χ1n) is 10.0. The van der Waals surface area contributed by atoms with Gasteiger partial charge in [-0.3, -0.25) is 4.79 Å². The number of amides is 1. The molecule has 29 heavy (non-hydrogen) atoms. The molecule has 0 radical (unpaired) electrons. The average Bonchev–Trinajstić information content (AvgIpc) is 3.30. The largest absolute Gasteiger partial charge is 0.508 e. The zero-order valence-electron chi connectivity index (χ0n) is 16.8. The van der Waals surface area contributed by atoms with Crippen molar-refractivity contribution in [1.29, 1.82) is 0 Å². The third-order valence-corrected chi connectivity index (χ3v) is 6.23. The van der Waals surface area contributed by atoms with Crippen LogP contribution in [0.2, 0.25) is 0 Å². The van der Waals surface area contributed by atoms with Gasteiger partial charge in [-0.2, -0.15) is 0 Å². The highest BCUT2D eigenvalue weighted by Crippen LogP contribution is 2.41. The Labute approximate surface area is 168 Å². The molecule has 0 bridgehead atoms. The van der Waals surface area contributed by atoms with E-state index in [1.54, 1.807) is 19.1 Å². The predicted molar refractivity (Wildman–Crippen MR) is 109 cm³/mol. The number of furan rings is 1. The number of aromatic nitrogens is 2. The number of phenols is 1. The van der Waals surface area contributed by atoms with E-state index in [9.17, 15) is 9.90 Å². The standard InChI is InChI=1S/C22H24N4O3/c1-12-16-10-15(27)5-4-14(16)6-9-26(12)21(28)17-13(2)29-20-18(17)19(23-11-24-20)25-22(3)7-8-22/h4-5,10-12,27H,6-9H2,1-3H3,(H,23,24,25). The molecule has 7 nitrogen and oxygen atoms in total. The Morgan fingerprint density at radius 1 is 1.34 bits per heavy atom. The van der Waals surface area contributed by atoms with Crippen LogP contribution < -0.4 is 5.32 Å². The number of nitrogens with one attached hydrogen (secondary N) is 1. The average molecular weight is 392 g/mol. The molecule has 0 saturated heterocycles. The summed E-state index contributed by atoms with van der Waals surface area (Å²) in [5.41, 5.74) is 3.11. The van der Waals surface area contributed by atoms with Crippen LogP contribution in [0.3, 0.4) is 0 Å². The van der Waals surface area contributed by atoms with Crippen LogP contribution in [0.15, 0.2) is 28.9 Å². The lowest BCUT2D eigenvalue weighted by atomic mass is 9.92. The molecule has 1 unspecified atom stereocenters. The minimum Gasteiger partial charge on any atom is -0.508 e. The summed E-state index contributed by atoms with van der Waals surface area (Å²) >= 11 is 0. The maximum absolute atomic E-state index is 13.7. The number of anilines is 1. The second-order valence-electron chi connectivity index (χ2n) is 8.43. The maximum atomic E-state index is 13.7. The molecule has 2 N–H and O–H groups in total. The first-order valence-corrected chi connectivity index (χ1v) is 10.0. The molecule has 2 aromatic heterocycles. The van der Waals surface area contributed by atoms with Gasteiger partial charge in [-0.15, -0.1) is 0 Å². The van der Waals surface area contributed by atoms with Crippen molar-refractivity contribution in [3.05, 3.63) is 47.0 Å². The third-order valence-electron chi connectivity index (χ3n) is 6.23. The zero-order chi connectivity index (χ0) is 20.3. The summed E-state index contributed by atoms with van der Waals surface area (Å²) in [4.78, 5) is 24.2. The third kappa shape index (κ3) is 2.92. The fraction of sp³-hybridized carbons (Fsp3) is 0.409. The van der Waals surface area contributed by atoms with E-state index in [0.29, 0.717) is 34.8 Å². The monoisotopic (exact) mass is 392 g/mol. The van der Waals surface area contributed by atoms with Gasteiger partial charge in [0, 0.05) is 12.1 Å². The van der Waals surface area contributed by atoms with E-state index >= 15 is 0 Å². The normalized spacial score (nSPS) is 19.8. The summed E-state index contributed by atoms with van der Waals surface area (Å²) in [5, 5.41) is 14.0. The first kappa shape index (κ1) is 18.0. The van der Waals surface area contributed by atoms with Crippen LogP contribution >= 0.6 is 0 Å². The van der Waals surface area contributed by atoms with Crippen LogP contribution in [-0.4, -0.2) is 38.0 Å². The zero-order valence-corrected chi connectivity index (χ0v) is 16.8. The number of aromatic hydroxyl groups is 1. The van der Waals surface area contributed by atoms with E-state index in [0.717, 1.165) is 24.8 Å². The highest BCUT2D eigenvalue weighted by molar-refractivity contribution is 6.10. The molecule has 1 aromatic carbocycles. The molecule has 1 atom stereocenters. The van der Waals surface area contributed by atoms with E-state index in [1.165, 1.54) is 11.9 Å². The Kier molecular flexibility index (Phi) is 3.84. The number of carbonyl (C=O) groups is 1. The Balaban J connectivity index is 1.57. The molecule has 150 valence electrons. The molecule has 1 saturated carbocycles. The van der Waals surface area contributed by atoms with Crippen LogP contribution in [0, 0.1) is 6.92 Å². The number of nitrogens with zero attached hydrogens (tertiary/aromatic N) is 3. The van der Waals surface area contributed by atoms with E-state index in [2.05, 4.69) is 22.2 Å². The van der Waals surface area contributed by atoms with Crippen molar-refractivity contribution >= 4 is 22.8 Å². The van der Waals surface area contributed by atoms with Crippen molar-refractivity contribution in [2.24, 2.45) is 0 Å². The molecule has 3 heterocycles. The van der Waals surface area contributed by atoms with Crippen LogP contribution in [-0.2, 0) is 6.42 Å². The Morgan fingerprint density at radius 2 is 2.14 bits per heavy atom. The van der Waals surface area contributed by atoms with Gasteiger partial charge in [0.15, 0.2) is 0 Å². The smallest absolute Gasteiger partial charge is 0.258 e. The number of fused-ring (bicyclic) bond motifs is 2. The second kappa shape index (κ2) is 6.20. The summed E-state index contributed by atoms with van der Waals surface area (Å²) in [6.45, 7) is 6.54. The van der Waals surface area contributed by atoms with E-state index in [1.807, 2.05) is 17.9 Å². The second-order valence-corrected chi connectivity index (χ2v) is 8.43. The summed E-state index contributed by atoms with van der Waals surface area (Å²) in [6.07, 6.45) is 4.36. The van der Waals surface area contributed by atoms with Crippen LogP contribution in [0.4, 0.5) is 5.82 Å². The minimum absolute atomic E-state index is 0.0155. The topological polar surface area (TPSA) is 91.5 Å². The molecule has 0 spiro atoms. The van der Waals surface area contributed by atoms with E-state index < -0.39 is 0 Å². The molecule has 1 aliphatic carbocycles. The summed E-state index contributed by atoms with van der Waals surface area (Å²) in [7, 11) is 0. The Morgan fingerprint density at radius 3 is 2.90 bits per heavy atom. The molecule has 1 amide bonds. The Bertz CT molecular complexity index is 1130. The molecule has 7 heteroatoms. The van der Waals surface area contributed by atoms with Gasteiger partial charge in [-0.05, 0) is 63.3 Å². The SMILES string of the molecule is Cc1oc2ncnc(NC3(C)CC3)c2c1C(=O)N1CCc2ccc(O)cc2C1C. The molecule has 3 aromatic rings. The Hall–Kier alpha value is -3.09. The highest BCUT2D eigenvalue weighted by atomic mass is 16.3. The lowest BCUT2D eigenvalue weighted by Crippen LogP contribution is -2.39. The summed E-state index contributed by atoms with van der Waals surface area (Å²) in [5.74, 6) is 1.32. The van der Waals surface area contributed by atoms with Crippen LogP contribution in [0.5, 0.6) is 5.75 Å². The number of benzene rings is 1.